The molecule has 0 atom stereocenters. The summed E-state index contributed by atoms with van der Waals surface area (Å²) in [5.74, 6) is 1.32. The van der Waals surface area contributed by atoms with Gasteiger partial charge in [0.15, 0.2) is 0 Å². The van der Waals surface area contributed by atoms with Crippen molar-refractivity contribution in [3.05, 3.63) is 47.3 Å². The van der Waals surface area contributed by atoms with E-state index in [-0.39, 0.29) is 0 Å². The standard InChI is InChI=1S/C14H18N4/c1-3-11-4-6-12(7-5-11)8-16-14-10(2)13(15)17-9-18-14/h4-7,9H,3,8H2,1-2H3,(H3,15,16,17,18). The molecule has 1 heterocycles. The number of benzene rings is 1. The van der Waals surface area contributed by atoms with Gasteiger partial charge in [0.1, 0.15) is 18.0 Å². The minimum atomic E-state index is 0.522. The zero-order valence-electron chi connectivity index (χ0n) is 10.8. The molecule has 1 aromatic carbocycles. The molecule has 0 spiro atoms. The van der Waals surface area contributed by atoms with Crippen molar-refractivity contribution in [3.63, 3.8) is 0 Å². The van der Waals surface area contributed by atoms with Crippen LogP contribution in [0.25, 0.3) is 0 Å². The number of nitrogens with one attached hydrogen (secondary N) is 1. The second-order valence-electron chi connectivity index (χ2n) is 4.26. The number of hydrogen-bond acceptors (Lipinski definition) is 4. The lowest BCUT2D eigenvalue weighted by Crippen LogP contribution is -2.06. The maximum atomic E-state index is 5.74. The molecule has 0 aliphatic carbocycles. The average Bonchev–Trinajstić information content (AvgIpc) is 2.41. The lowest BCUT2D eigenvalue weighted by atomic mass is 10.1. The van der Waals surface area contributed by atoms with Gasteiger partial charge in [-0.1, -0.05) is 31.2 Å². The van der Waals surface area contributed by atoms with E-state index in [1.54, 1.807) is 0 Å². The molecule has 0 aliphatic heterocycles. The maximum Gasteiger partial charge on any atom is 0.134 e. The SMILES string of the molecule is CCc1ccc(CNc2ncnc(N)c2C)cc1. The van der Waals surface area contributed by atoms with Crippen LogP contribution in [0.3, 0.4) is 0 Å². The van der Waals surface area contributed by atoms with Crippen molar-refractivity contribution in [1.29, 1.82) is 0 Å². The summed E-state index contributed by atoms with van der Waals surface area (Å²) < 4.78 is 0. The summed E-state index contributed by atoms with van der Waals surface area (Å²) in [5.41, 5.74) is 9.20. The molecule has 0 bridgehead atoms. The molecule has 1 aromatic heterocycles. The molecule has 0 saturated heterocycles. The van der Waals surface area contributed by atoms with Crippen molar-refractivity contribution in [2.75, 3.05) is 11.1 Å². The molecule has 0 radical (unpaired) electrons. The van der Waals surface area contributed by atoms with Crippen LogP contribution in [-0.4, -0.2) is 9.97 Å². The van der Waals surface area contributed by atoms with Crippen molar-refractivity contribution < 1.29 is 0 Å². The van der Waals surface area contributed by atoms with Gasteiger partial charge in [0.25, 0.3) is 0 Å². The third kappa shape index (κ3) is 2.77. The molecule has 4 nitrogen and oxygen atoms in total. The summed E-state index contributed by atoms with van der Waals surface area (Å²) in [7, 11) is 0. The fourth-order valence-corrected chi connectivity index (χ4v) is 1.72. The Kier molecular flexibility index (Phi) is 3.77. The van der Waals surface area contributed by atoms with Gasteiger partial charge >= 0.3 is 0 Å². The number of nitrogen functional groups attached to an aromatic ring is 1. The van der Waals surface area contributed by atoms with E-state index in [1.807, 2.05) is 6.92 Å². The molecule has 2 aromatic rings. The molecule has 3 N–H and O–H groups in total. The first kappa shape index (κ1) is 12.4. The fraction of sp³-hybridized carbons (Fsp3) is 0.286. The van der Waals surface area contributed by atoms with Crippen LogP contribution in [0.4, 0.5) is 11.6 Å². The number of hydrogen-bond donors (Lipinski definition) is 2. The van der Waals surface area contributed by atoms with Gasteiger partial charge in [-0.15, -0.1) is 0 Å². The number of rotatable bonds is 4. The number of nitrogens with two attached hydrogens (primary N) is 1. The first-order valence-electron chi connectivity index (χ1n) is 6.09. The number of nitrogens with zero attached hydrogens (tertiary/aromatic N) is 2. The van der Waals surface area contributed by atoms with Gasteiger partial charge in [-0.25, -0.2) is 9.97 Å². The molecule has 0 amide bonds. The van der Waals surface area contributed by atoms with Crippen LogP contribution >= 0.6 is 0 Å². The van der Waals surface area contributed by atoms with Gasteiger partial charge < -0.3 is 11.1 Å². The molecule has 0 aliphatic rings. The van der Waals surface area contributed by atoms with Gasteiger partial charge in [-0.3, -0.25) is 0 Å². The van der Waals surface area contributed by atoms with Gasteiger partial charge in [0.05, 0.1) is 0 Å². The topological polar surface area (TPSA) is 63.8 Å². The molecule has 0 unspecified atom stereocenters. The zero-order valence-corrected chi connectivity index (χ0v) is 10.8. The Morgan fingerprint density at radius 2 is 1.78 bits per heavy atom. The highest BCUT2D eigenvalue weighted by atomic mass is 15.0. The zero-order chi connectivity index (χ0) is 13.0. The summed E-state index contributed by atoms with van der Waals surface area (Å²) in [6.45, 7) is 4.80. The minimum absolute atomic E-state index is 0.522. The summed E-state index contributed by atoms with van der Waals surface area (Å²) in [6.07, 6.45) is 2.54. The first-order chi connectivity index (χ1) is 8.70. The van der Waals surface area contributed by atoms with Crippen molar-refractivity contribution in [2.24, 2.45) is 0 Å². The molecule has 0 fully saturated rings. The predicted molar refractivity (Wildman–Crippen MR) is 74.3 cm³/mol. The summed E-state index contributed by atoms with van der Waals surface area (Å²) in [5, 5.41) is 3.28. The lowest BCUT2D eigenvalue weighted by Gasteiger charge is -2.09. The number of aryl methyl sites for hydroxylation is 1. The monoisotopic (exact) mass is 242 g/mol. The average molecular weight is 242 g/mol. The Morgan fingerprint density at radius 3 is 2.44 bits per heavy atom. The van der Waals surface area contributed by atoms with E-state index in [9.17, 15) is 0 Å². The van der Waals surface area contributed by atoms with Crippen molar-refractivity contribution in [2.45, 2.75) is 26.8 Å². The largest absolute Gasteiger partial charge is 0.383 e. The highest BCUT2D eigenvalue weighted by molar-refractivity contribution is 5.53. The number of aromatic nitrogens is 2. The van der Waals surface area contributed by atoms with Crippen LogP contribution < -0.4 is 11.1 Å². The summed E-state index contributed by atoms with van der Waals surface area (Å²) in [4.78, 5) is 8.13. The second kappa shape index (κ2) is 5.49. The van der Waals surface area contributed by atoms with Crippen LogP contribution in [0.2, 0.25) is 0 Å². The van der Waals surface area contributed by atoms with Crippen LogP contribution in [-0.2, 0) is 13.0 Å². The van der Waals surface area contributed by atoms with E-state index < -0.39 is 0 Å². The van der Waals surface area contributed by atoms with Crippen molar-refractivity contribution in [1.82, 2.24) is 9.97 Å². The summed E-state index contributed by atoms with van der Waals surface area (Å²) >= 11 is 0. The quantitative estimate of drug-likeness (QED) is 0.864. The van der Waals surface area contributed by atoms with E-state index in [0.29, 0.717) is 5.82 Å². The highest BCUT2D eigenvalue weighted by Gasteiger charge is 2.03. The van der Waals surface area contributed by atoms with E-state index in [0.717, 1.165) is 24.3 Å². The molecule has 2 rings (SSSR count). The molecule has 94 valence electrons. The highest BCUT2D eigenvalue weighted by Crippen LogP contribution is 2.16. The normalized spacial score (nSPS) is 10.3. The first-order valence-corrected chi connectivity index (χ1v) is 6.09. The van der Waals surface area contributed by atoms with Gasteiger partial charge in [-0.05, 0) is 24.5 Å². The van der Waals surface area contributed by atoms with Crippen LogP contribution in [0, 0.1) is 6.92 Å². The molecular weight excluding hydrogens is 224 g/mol. The third-order valence-electron chi connectivity index (χ3n) is 3.01. The van der Waals surface area contributed by atoms with Gasteiger partial charge in [0.2, 0.25) is 0 Å². The van der Waals surface area contributed by atoms with Gasteiger partial charge in [-0.2, -0.15) is 0 Å². The van der Waals surface area contributed by atoms with Crippen molar-refractivity contribution in [3.8, 4) is 0 Å². The fourth-order valence-electron chi connectivity index (χ4n) is 1.72. The minimum Gasteiger partial charge on any atom is -0.383 e. The molecule has 18 heavy (non-hydrogen) atoms. The Morgan fingerprint density at radius 1 is 1.11 bits per heavy atom. The van der Waals surface area contributed by atoms with E-state index in [4.69, 9.17) is 5.73 Å². The molecule has 4 heteroatoms. The smallest absolute Gasteiger partial charge is 0.134 e. The number of anilines is 2. The summed E-state index contributed by atoms with van der Waals surface area (Å²) in [6, 6.07) is 8.56. The van der Waals surface area contributed by atoms with E-state index >= 15 is 0 Å². The van der Waals surface area contributed by atoms with Crippen molar-refractivity contribution >= 4 is 11.6 Å². The molecular formula is C14H18N4. The molecule has 0 saturated carbocycles. The Bertz CT molecular complexity index is 520. The van der Waals surface area contributed by atoms with Gasteiger partial charge in [0, 0.05) is 12.1 Å². The Balaban J connectivity index is 2.04. The third-order valence-corrected chi connectivity index (χ3v) is 3.01. The van der Waals surface area contributed by atoms with E-state index in [1.165, 1.54) is 17.5 Å². The second-order valence-corrected chi connectivity index (χ2v) is 4.26. The lowest BCUT2D eigenvalue weighted by molar-refractivity contribution is 1.06. The predicted octanol–water partition coefficient (Wildman–Crippen LogP) is 2.54. The Hall–Kier alpha value is -2.10. The van der Waals surface area contributed by atoms with E-state index in [2.05, 4.69) is 46.5 Å². The van der Waals surface area contributed by atoms with Crippen LogP contribution in [0.1, 0.15) is 23.6 Å². The van der Waals surface area contributed by atoms with Crippen LogP contribution in [0.15, 0.2) is 30.6 Å². The Labute approximate surface area is 107 Å². The maximum absolute atomic E-state index is 5.74. The van der Waals surface area contributed by atoms with Crippen LogP contribution in [0.5, 0.6) is 0 Å².